The van der Waals surface area contributed by atoms with Gasteiger partial charge in [-0.25, -0.2) is 0 Å². The third-order valence-corrected chi connectivity index (χ3v) is 4.95. The van der Waals surface area contributed by atoms with Crippen LogP contribution in [0.1, 0.15) is 20.3 Å². The van der Waals surface area contributed by atoms with Crippen molar-refractivity contribution in [2.45, 2.75) is 38.5 Å². The van der Waals surface area contributed by atoms with Crippen LogP contribution in [0.25, 0.3) is 0 Å². The van der Waals surface area contributed by atoms with Gasteiger partial charge in [-0.2, -0.15) is 0 Å². The van der Waals surface area contributed by atoms with Crippen molar-refractivity contribution in [1.29, 1.82) is 0 Å². The molecule has 5 nitrogen and oxygen atoms in total. The molecule has 2 fully saturated rings. The maximum atomic E-state index is 12.4. The molecule has 0 N–H and O–H groups in total. The lowest BCUT2D eigenvalue weighted by atomic mass is 10.1. The van der Waals surface area contributed by atoms with Crippen molar-refractivity contribution in [3.8, 4) is 5.75 Å². The van der Waals surface area contributed by atoms with E-state index in [2.05, 4.69) is 18.7 Å². The number of rotatable bonds is 5. The van der Waals surface area contributed by atoms with Gasteiger partial charge < -0.3 is 14.4 Å². The Bertz CT molecular complexity index is 575. The second kappa shape index (κ2) is 7.72. The van der Waals surface area contributed by atoms with Gasteiger partial charge >= 0.3 is 0 Å². The molecule has 0 spiro atoms. The first-order chi connectivity index (χ1) is 11.5. The Kier molecular flexibility index (Phi) is 5.64. The molecule has 6 heteroatoms. The zero-order valence-corrected chi connectivity index (χ0v) is 15.0. The fourth-order valence-electron chi connectivity index (χ4n) is 3.09. The molecule has 0 radical (unpaired) electrons. The minimum atomic E-state index is -0.00261. The third kappa shape index (κ3) is 4.21. The number of hydrogen-bond donors (Lipinski definition) is 0. The number of ether oxygens (including phenoxy) is 2. The molecule has 2 saturated heterocycles. The number of carbonyl (C=O) groups is 1. The fraction of sp³-hybridized carbons (Fsp3) is 0.611. The van der Waals surface area contributed by atoms with Crippen molar-refractivity contribution in [2.24, 2.45) is 0 Å². The molecule has 0 bridgehead atoms. The number of benzene rings is 1. The quantitative estimate of drug-likeness (QED) is 0.816. The Morgan fingerprint density at radius 3 is 2.79 bits per heavy atom. The van der Waals surface area contributed by atoms with Gasteiger partial charge in [-0.3, -0.25) is 9.69 Å². The van der Waals surface area contributed by atoms with Gasteiger partial charge in [0.25, 0.3) is 0 Å². The Hall–Kier alpha value is -1.30. The Morgan fingerprint density at radius 2 is 2.08 bits per heavy atom. The van der Waals surface area contributed by atoms with Gasteiger partial charge in [0.05, 0.1) is 37.2 Å². The number of halogens is 1. The summed E-state index contributed by atoms with van der Waals surface area (Å²) in [5, 5.41) is 0.603. The van der Waals surface area contributed by atoms with E-state index in [0.29, 0.717) is 42.9 Å². The number of morpholine rings is 1. The van der Waals surface area contributed by atoms with Crippen molar-refractivity contribution in [3.05, 3.63) is 29.3 Å². The lowest BCUT2D eigenvalue weighted by molar-refractivity contribution is -0.145. The van der Waals surface area contributed by atoms with E-state index < -0.39 is 0 Å². The third-order valence-electron chi connectivity index (χ3n) is 4.63. The second-order valence-electron chi connectivity index (χ2n) is 6.75. The van der Waals surface area contributed by atoms with E-state index >= 15 is 0 Å². The summed E-state index contributed by atoms with van der Waals surface area (Å²) in [6.07, 6.45) is 0.465. The van der Waals surface area contributed by atoms with E-state index in [4.69, 9.17) is 21.1 Å². The van der Waals surface area contributed by atoms with Crippen LogP contribution in [0.4, 0.5) is 0 Å². The number of carbonyl (C=O) groups excluding carboxylic acids is 1. The molecule has 1 aromatic rings. The molecule has 0 aliphatic carbocycles. The van der Waals surface area contributed by atoms with E-state index in [-0.39, 0.29) is 18.1 Å². The molecule has 2 aliphatic rings. The van der Waals surface area contributed by atoms with Gasteiger partial charge in [-0.1, -0.05) is 23.7 Å². The van der Waals surface area contributed by atoms with Crippen LogP contribution in [0.3, 0.4) is 0 Å². The molecule has 2 aliphatic heterocycles. The van der Waals surface area contributed by atoms with Crippen molar-refractivity contribution in [3.63, 3.8) is 0 Å². The molecule has 0 saturated carbocycles. The van der Waals surface area contributed by atoms with Crippen LogP contribution >= 0.6 is 11.6 Å². The highest BCUT2D eigenvalue weighted by atomic mass is 35.5. The first-order valence-electron chi connectivity index (χ1n) is 8.57. The van der Waals surface area contributed by atoms with Crippen LogP contribution in [0.5, 0.6) is 5.75 Å². The Morgan fingerprint density at radius 1 is 1.33 bits per heavy atom. The summed E-state index contributed by atoms with van der Waals surface area (Å²) in [5.74, 6) is 0.823. The van der Waals surface area contributed by atoms with Crippen molar-refractivity contribution < 1.29 is 14.3 Å². The van der Waals surface area contributed by atoms with Crippen LogP contribution < -0.4 is 4.74 Å². The molecule has 3 rings (SSSR count). The van der Waals surface area contributed by atoms with E-state index in [1.807, 2.05) is 23.1 Å². The van der Waals surface area contributed by atoms with E-state index in [1.165, 1.54) is 0 Å². The zero-order valence-electron chi connectivity index (χ0n) is 14.3. The largest absolute Gasteiger partial charge is 0.485 e. The molecule has 2 heterocycles. The maximum Gasteiger partial charge on any atom is 0.225 e. The van der Waals surface area contributed by atoms with E-state index in [9.17, 15) is 4.79 Å². The molecule has 1 amide bonds. The predicted octanol–water partition coefficient (Wildman–Crippen LogP) is 2.43. The summed E-state index contributed by atoms with van der Waals surface area (Å²) in [4.78, 5) is 16.6. The van der Waals surface area contributed by atoms with Gasteiger partial charge in [0, 0.05) is 19.1 Å². The van der Waals surface area contributed by atoms with Crippen molar-refractivity contribution in [1.82, 2.24) is 9.80 Å². The SMILES string of the molecule is CC(C)N1CCO[C@H](CC(=O)N2CC(Oc3ccccc3Cl)C2)C1. The standard InChI is InChI=1S/C18H25ClN2O3/c1-13(2)20-7-8-23-14(10-20)9-18(22)21-11-15(12-21)24-17-6-4-3-5-16(17)19/h3-6,13-15H,7-12H2,1-2H3/t14-/m1/s1. The monoisotopic (exact) mass is 352 g/mol. The van der Waals surface area contributed by atoms with Crippen LogP contribution in [0, 0.1) is 0 Å². The fourth-order valence-corrected chi connectivity index (χ4v) is 3.27. The molecule has 132 valence electrons. The van der Waals surface area contributed by atoms with Gasteiger partial charge in [-0.05, 0) is 26.0 Å². The second-order valence-corrected chi connectivity index (χ2v) is 7.16. The van der Waals surface area contributed by atoms with Gasteiger partial charge in [0.2, 0.25) is 5.91 Å². The molecule has 1 atom stereocenters. The van der Waals surface area contributed by atoms with Gasteiger partial charge in [0.15, 0.2) is 0 Å². The number of hydrogen-bond acceptors (Lipinski definition) is 4. The molecule has 1 aromatic carbocycles. The molecular weight excluding hydrogens is 328 g/mol. The molecule has 0 unspecified atom stereocenters. The summed E-state index contributed by atoms with van der Waals surface area (Å²) in [6, 6.07) is 7.91. The number of nitrogens with zero attached hydrogens (tertiary/aromatic N) is 2. The number of amides is 1. The maximum absolute atomic E-state index is 12.4. The van der Waals surface area contributed by atoms with E-state index in [0.717, 1.165) is 13.1 Å². The predicted molar refractivity (Wildman–Crippen MR) is 93.5 cm³/mol. The number of para-hydroxylation sites is 1. The lowest BCUT2D eigenvalue weighted by Gasteiger charge is -2.41. The normalized spacial score (nSPS) is 22.5. The van der Waals surface area contributed by atoms with Crippen LogP contribution in [-0.4, -0.2) is 66.7 Å². The average Bonchev–Trinajstić information content (AvgIpc) is 2.52. The topological polar surface area (TPSA) is 42.0 Å². The first kappa shape index (κ1) is 17.5. The van der Waals surface area contributed by atoms with Crippen molar-refractivity contribution >= 4 is 17.5 Å². The highest BCUT2D eigenvalue weighted by Crippen LogP contribution is 2.26. The van der Waals surface area contributed by atoms with Gasteiger partial charge in [-0.15, -0.1) is 0 Å². The summed E-state index contributed by atoms with van der Waals surface area (Å²) in [6.45, 7) is 8.06. The molecule has 24 heavy (non-hydrogen) atoms. The van der Waals surface area contributed by atoms with Gasteiger partial charge in [0.1, 0.15) is 11.9 Å². The summed E-state index contributed by atoms with van der Waals surface area (Å²) in [7, 11) is 0. The minimum Gasteiger partial charge on any atom is -0.485 e. The van der Waals surface area contributed by atoms with Crippen LogP contribution in [0.15, 0.2) is 24.3 Å². The summed E-state index contributed by atoms with van der Waals surface area (Å²) < 4.78 is 11.6. The highest BCUT2D eigenvalue weighted by molar-refractivity contribution is 6.32. The Labute approximate surface area is 148 Å². The summed E-state index contributed by atoms with van der Waals surface area (Å²) >= 11 is 6.09. The highest BCUT2D eigenvalue weighted by Gasteiger charge is 2.34. The van der Waals surface area contributed by atoms with Crippen LogP contribution in [-0.2, 0) is 9.53 Å². The summed E-state index contributed by atoms with van der Waals surface area (Å²) in [5.41, 5.74) is 0. The Balaban J connectivity index is 1.43. The first-order valence-corrected chi connectivity index (χ1v) is 8.95. The van der Waals surface area contributed by atoms with E-state index in [1.54, 1.807) is 6.07 Å². The van der Waals surface area contributed by atoms with Crippen LogP contribution in [0.2, 0.25) is 5.02 Å². The minimum absolute atomic E-state index is 0.00261. The average molecular weight is 353 g/mol. The molecule has 0 aromatic heterocycles. The number of likely N-dealkylation sites (tertiary alicyclic amines) is 1. The zero-order chi connectivity index (χ0) is 17.1. The lowest BCUT2D eigenvalue weighted by Crippen LogP contribution is -2.57. The molecular formula is C18H25ClN2O3. The van der Waals surface area contributed by atoms with Crippen molar-refractivity contribution in [2.75, 3.05) is 32.8 Å². The smallest absolute Gasteiger partial charge is 0.225 e.